The highest BCUT2D eigenvalue weighted by molar-refractivity contribution is 5.76. The van der Waals surface area contributed by atoms with Crippen LogP contribution in [0.1, 0.15) is 32.1 Å². The summed E-state index contributed by atoms with van der Waals surface area (Å²) >= 11 is 0. The summed E-state index contributed by atoms with van der Waals surface area (Å²) in [4.78, 5) is 11.4. The fourth-order valence-electron chi connectivity index (χ4n) is 1.87. The van der Waals surface area contributed by atoms with E-state index < -0.39 is 0 Å². The molecule has 1 saturated carbocycles. The summed E-state index contributed by atoms with van der Waals surface area (Å²) in [6.07, 6.45) is 5.54. The molecule has 2 rings (SSSR count). The number of hydrogen-bond donors (Lipinski definition) is 2. The Hall–Kier alpha value is -0.570. The Balaban J connectivity index is 1.66. The maximum Gasteiger partial charge on any atom is 0.220 e. The summed E-state index contributed by atoms with van der Waals surface area (Å²) in [6.45, 7) is 2.15. The van der Waals surface area contributed by atoms with Crippen molar-refractivity contribution >= 4 is 5.91 Å². The van der Waals surface area contributed by atoms with Gasteiger partial charge in [-0.2, -0.15) is 0 Å². The van der Waals surface area contributed by atoms with E-state index in [2.05, 4.69) is 10.6 Å². The number of amides is 1. The molecule has 2 fully saturated rings. The van der Waals surface area contributed by atoms with E-state index in [0.717, 1.165) is 19.5 Å². The highest BCUT2D eigenvalue weighted by atomic mass is 16.1. The third kappa shape index (κ3) is 2.99. The van der Waals surface area contributed by atoms with Crippen LogP contribution in [0.4, 0.5) is 0 Å². The Morgan fingerprint density at radius 3 is 2.85 bits per heavy atom. The SMILES string of the molecule is O=C(C[C@@H]1CCCNC1)NC1CC1. The molecule has 3 nitrogen and oxygen atoms in total. The fraction of sp³-hybridized carbons (Fsp3) is 0.900. The van der Waals surface area contributed by atoms with Crippen molar-refractivity contribution in [3.8, 4) is 0 Å². The maximum atomic E-state index is 11.4. The molecule has 2 aliphatic rings. The first kappa shape index (κ1) is 9.00. The molecule has 1 amide bonds. The number of piperidine rings is 1. The molecule has 13 heavy (non-hydrogen) atoms. The van der Waals surface area contributed by atoms with Crippen LogP contribution in [0.3, 0.4) is 0 Å². The van der Waals surface area contributed by atoms with Crippen molar-refractivity contribution in [1.82, 2.24) is 10.6 Å². The Labute approximate surface area is 79.3 Å². The Bertz CT molecular complexity index is 183. The largest absolute Gasteiger partial charge is 0.353 e. The lowest BCUT2D eigenvalue weighted by Crippen LogP contribution is -2.34. The van der Waals surface area contributed by atoms with Gasteiger partial charge >= 0.3 is 0 Å². The Kier molecular flexibility index (Phi) is 2.83. The fourth-order valence-corrected chi connectivity index (χ4v) is 1.87. The number of hydrogen-bond acceptors (Lipinski definition) is 2. The van der Waals surface area contributed by atoms with Crippen LogP contribution in [0.15, 0.2) is 0 Å². The molecule has 1 atom stereocenters. The lowest BCUT2D eigenvalue weighted by molar-refractivity contribution is -0.122. The molecular formula is C10H18N2O. The zero-order valence-electron chi connectivity index (χ0n) is 8.01. The normalized spacial score (nSPS) is 28.5. The van der Waals surface area contributed by atoms with Crippen LogP contribution in [-0.2, 0) is 4.79 Å². The highest BCUT2D eigenvalue weighted by Crippen LogP contribution is 2.20. The van der Waals surface area contributed by atoms with Crippen LogP contribution in [0.2, 0.25) is 0 Å². The molecule has 0 aromatic carbocycles. The Morgan fingerprint density at radius 2 is 2.23 bits per heavy atom. The Morgan fingerprint density at radius 1 is 1.38 bits per heavy atom. The third-order valence-electron chi connectivity index (χ3n) is 2.82. The van der Waals surface area contributed by atoms with E-state index in [4.69, 9.17) is 0 Å². The predicted octanol–water partition coefficient (Wildman–Crippen LogP) is 0.655. The van der Waals surface area contributed by atoms with Crippen LogP contribution < -0.4 is 10.6 Å². The minimum atomic E-state index is 0.260. The van der Waals surface area contributed by atoms with Crippen molar-refractivity contribution in [2.45, 2.75) is 38.1 Å². The van der Waals surface area contributed by atoms with Crippen LogP contribution in [0, 0.1) is 5.92 Å². The summed E-state index contributed by atoms with van der Waals surface area (Å²) in [5.74, 6) is 0.837. The molecule has 1 heterocycles. The maximum absolute atomic E-state index is 11.4. The zero-order chi connectivity index (χ0) is 9.10. The van der Waals surface area contributed by atoms with Gasteiger partial charge in [-0.1, -0.05) is 0 Å². The first-order valence-corrected chi connectivity index (χ1v) is 5.34. The van der Waals surface area contributed by atoms with Crippen LogP contribution in [0.25, 0.3) is 0 Å². The number of carbonyl (C=O) groups is 1. The quantitative estimate of drug-likeness (QED) is 0.673. The molecule has 1 saturated heterocycles. The van der Waals surface area contributed by atoms with Crippen molar-refractivity contribution < 1.29 is 4.79 Å². The van der Waals surface area contributed by atoms with Gasteiger partial charge in [0.1, 0.15) is 0 Å². The van der Waals surface area contributed by atoms with Crippen molar-refractivity contribution in [3.63, 3.8) is 0 Å². The minimum absolute atomic E-state index is 0.260. The van der Waals surface area contributed by atoms with Crippen molar-refractivity contribution in [1.29, 1.82) is 0 Å². The van der Waals surface area contributed by atoms with Gasteiger partial charge in [0.05, 0.1) is 0 Å². The molecular weight excluding hydrogens is 164 g/mol. The average Bonchev–Trinajstić information content (AvgIpc) is 2.90. The number of nitrogens with one attached hydrogen (secondary N) is 2. The second-order valence-corrected chi connectivity index (χ2v) is 4.26. The minimum Gasteiger partial charge on any atom is -0.353 e. The van der Waals surface area contributed by atoms with Crippen LogP contribution >= 0.6 is 0 Å². The molecule has 0 spiro atoms. The van der Waals surface area contributed by atoms with Crippen molar-refractivity contribution in [2.75, 3.05) is 13.1 Å². The van der Waals surface area contributed by atoms with E-state index in [9.17, 15) is 4.79 Å². The van der Waals surface area contributed by atoms with Gasteiger partial charge in [0.15, 0.2) is 0 Å². The number of carbonyl (C=O) groups excluding carboxylic acids is 1. The van der Waals surface area contributed by atoms with E-state index >= 15 is 0 Å². The lowest BCUT2D eigenvalue weighted by atomic mass is 9.96. The average molecular weight is 182 g/mol. The summed E-state index contributed by atoms with van der Waals surface area (Å²) in [7, 11) is 0. The first-order chi connectivity index (χ1) is 6.34. The van der Waals surface area contributed by atoms with Gasteiger partial charge < -0.3 is 10.6 Å². The second kappa shape index (κ2) is 4.09. The molecule has 0 aromatic heterocycles. The van der Waals surface area contributed by atoms with Crippen molar-refractivity contribution in [2.24, 2.45) is 5.92 Å². The second-order valence-electron chi connectivity index (χ2n) is 4.26. The van der Waals surface area contributed by atoms with E-state index in [1.54, 1.807) is 0 Å². The lowest BCUT2D eigenvalue weighted by Gasteiger charge is -2.21. The highest BCUT2D eigenvalue weighted by Gasteiger charge is 2.24. The summed E-state index contributed by atoms with van der Waals surface area (Å²) in [5, 5.41) is 6.36. The predicted molar refractivity (Wildman–Crippen MR) is 51.4 cm³/mol. The molecule has 1 aliphatic carbocycles. The molecule has 0 bridgehead atoms. The van der Waals surface area contributed by atoms with Gasteiger partial charge in [-0.25, -0.2) is 0 Å². The van der Waals surface area contributed by atoms with Gasteiger partial charge in [0.25, 0.3) is 0 Å². The molecule has 0 radical (unpaired) electrons. The molecule has 0 aromatic rings. The molecule has 0 unspecified atom stereocenters. The zero-order valence-corrected chi connectivity index (χ0v) is 8.01. The van der Waals surface area contributed by atoms with Gasteiger partial charge in [-0.3, -0.25) is 4.79 Å². The molecule has 74 valence electrons. The van der Waals surface area contributed by atoms with Gasteiger partial charge in [0.2, 0.25) is 5.91 Å². The van der Waals surface area contributed by atoms with E-state index in [0.29, 0.717) is 12.0 Å². The summed E-state index contributed by atoms with van der Waals surface area (Å²) < 4.78 is 0. The first-order valence-electron chi connectivity index (χ1n) is 5.34. The molecule has 1 aliphatic heterocycles. The van der Waals surface area contributed by atoms with E-state index in [1.165, 1.54) is 25.7 Å². The summed E-state index contributed by atoms with van der Waals surface area (Å²) in [5.41, 5.74) is 0. The monoisotopic (exact) mass is 182 g/mol. The van der Waals surface area contributed by atoms with Crippen LogP contribution in [0.5, 0.6) is 0 Å². The third-order valence-corrected chi connectivity index (χ3v) is 2.82. The standard InChI is InChI=1S/C10H18N2O/c13-10(12-9-3-4-9)6-8-2-1-5-11-7-8/h8-9,11H,1-7H2,(H,12,13)/t8-/m0/s1. The van der Waals surface area contributed by atoms with E-state index in [-0.39, 0.29) is 5.91 Å². The molecule has 2 N–H and O–H groups in total. The smallest absolute Gasteiger partial charge is 0.220 e. The van der Waals surface area contributed by atoms with Crippen LogP contribution in [-0.4, -0.2) is 25.0 Å². The molecule has 3 heteroatoms. The number of rotatable bonds is 3. The van der Waals surface area contributed by atoms with Gasteiger partial charge in [-0.15, -0.1) is 0 Å². The van der Waals surface area contributed by atoms with E-state index in [1.807, 2.05) is 0 Å². The van der Waals surface area contributed by atoms with Gasteiger partial charge in [-0.05, 0) is 44.7 Å². The van der Waals surface area contributed by atoms with Crippen molar-refractivity contribution in [3.05, 3.63) is 0 Å². The van der Waals surface area contributed by atoms with Gasteiger partial charge in [0, 0.05) is 12.5 Å². The summed E-state index contributed by atoms with van der Waals surface area (Å²) in [6, 6.07) is 0.518. The topological polar surface area (TPSA) is 41.1 Å².